The number of fused-ring (bicyclic) bond motifs is 1. The van der Waals surface area contributed by atoms with Crippen molar-refractivity contribution in [1.82, 2.24) is 14.4 Å². The number of imidazole rings is 1. The van der Waals surface area contributed by atoms with E-state index in [0.717, 1.165) is 28.1 Å². The number of nitrogens with zero attached hydrogens (tertiary/aromatic N) is 3. The van der Waals surface area contributed by atoms with Gasteiger partial charge in [-0.2, -0.15) is 0 Å². The van der Waals surface area contributed by atoms with E-state index in [1.54, 1.807) is 30.5 Å². The second-order valence-corrected chi connectivity index (χ2v) is 9.09. The number of rotatable bonds is 5. The number of anilines is 1. The lowest BCUT2D eigenvalue weighted by Gasteiger charge is -2.10. The van der Waals surface area contributed by atoms with Gasteiger partial charge in [0.1, 0.15) is 0 Å². The van der Waals surface area contributed by atoms with Gasteiger partial charge in [-0.3, -0.25) is 9.12 Å². The summed E-state index contributed by atoms with van der Waals surface area (Å²) in [5, 5.41) is 0. The summed E-state index contributed by atoms with van der Waals surface area (Å²) in [6.45, 7) is 1.96. The topological polar surface area (TPSA) is 76.4 Å². The van der Waals surface area contributed by atoms with Crippen LogP contribution in [-0.2, 0) is 10.0 Å². The van der Waals surface area contributed by atoms with Crippen LogP contribution in [0.25, 0.3) is 28.2 Å². The third-order valence-corrected chi connectivity index (χ3v) is 6.70. The molecule has 3 aromatic carbocycles. The molecule has 0 fully saturated rings. The van der Waals surface area contributed by atoms with Gasteiger partial charge in [0, 0.05) is 29.3 Å². The second-order valence-electron chi connectivity index (χ2n) is 7.41. The number of nitrogens with one attached hydrogen (secondary N) is 1. The van der Waals surface area contributed by atoms with Crippen LogP contribution in [0, 0.1) is 6.92 Å². The van der Waals surface area contributed by atoms with Gasteiger partial charge in [0.05, 0.1) is 10.6 Å². The molecule has 2 aromatic heterocycles. The molecular formula is C25H20N4O2S. The molecule has 7 heteroatoms. The molecule has 0 spiro atoms. The van der Waals surface area contributed by atoms with Crippen molar-refractivity contribution in [2.24, 2.45) is 0 Å². The number of hydrogen-bond donors (Lipinski definition) is 1. The van der Waals surface area contributed by atoms with E-state index in [-0.39, 0.29) is 4.90 Å². The average molecular weight is 441 g/mol. The molecule has 1 N–H and O–H groups in total. The molecule has 32 heavy (non-hydrogen) atoms. The zero-order valence-electron chi connectivity index (χ0n) is 17.3. The molecule has 0 aliphatic rings. The van der Waals surface area contributed by atoms with Crippen LogP contribution in [0.5, 0.6) is 0 Å². The fraction of sp³-hybridized carbons (Fsp3) is 0.0400. The van der Waals surface area contributed by atoms with Crippen LogP contribution in [0.1, 0.15) is 5.69 Å². The van der Waals surface area contributed by atoms with Crippen molar-refractivity contribution in [3.63, 3.8) is 0 Å². The van der Waals surface area contributed by atoms with Gasteiger partial charge in [-0.05, 0) is 48.4 Å². The molecular weight excluding hydrogens is 420 g/mol. The second kappa shape index (κ2) is 7.94. The van der Waals surface area contributed by atoms with Crippen LogP contribution in [0.2, 0.25) is 0 Å². The van der Waals surface area contributed by atoms with E-state index >= 15 is 0 Å². The average Bonchev–Trinajstić information content (AvgIpc) is 3.16. The van der Waals surface area contributed by atoms with Crippen LogP contribution in [0.3, 0.4) is 0 Å². The van der Waals surface area contributed by atoms with Crippen LogP contribution in [0.15, 0.2) is 102 Å². The van der Waals surface area contributed by atoms with E-state index in [0.29, 0.717) is 11.5 Å². The Bertz CT molecular complexity index is 1510. The molecule has 0 saturated carbocycles. The molecule has 0 aliphatic carbocycles. The maximum absolute atomic E-state index is 13.0. The third kappa shape index (κ3) is 3.74. The lowest BCUT2D eigenvalue weighted by atomic mass is 10.1. The minimum atomic E-state index is -3.73. The fourth-order valence-electron chi connectivity index (χ4n) is 3.68. The Morgan fingerprint density at radius 2 is 1.53 bits per heavy atom. The Labute approximate surface area is 186 Å². The predicted molar refractivity (Wildman–Crippen MR) is 126 cm³/mol. The van der Waals surface area contributed by atoms with Crippen molar-refractivity contribution in [3.05, 3.63) is 103 Å². The van der Waals surface area contributed by atoms with Gasteiger partial charge in [0.15, 0.2) is 0 Å². The van der Waals surface area contributed by atoms with Gasteiger partial charge in [-0.1, -0.05) is 54.6 Å². The number of hydrogen-bond acceptors (Lipinski definition) is 4. The van der Waals surface area contributed by atoms with E-state index in [4.69, 9.17) is 0 Å². The van der Waals surface area contributed by atoms with Crippen LogP contribution in [-0.4, -0.2) is 22.8 Å². The maximum Gasteiger partial charge on any atom is 0.261 e. The summed E-state index contributed by atoms with van der Waals surface area (Å²) in [5.41, 5.74) is 4.98. The molecule has 5 aromatic rings. The standard InChI is InChI=1S/C25H20N4O2S/c1-18-24(27-25-26-15-6-16-29(18)25)21-9-5-10-22(17-21)28-32(30,31)23-13-11-20(12-14-23)19-7-3-2-4-8-19/h2-17,28H,1H3. The summed E-state index contributed by atoms with van der Waals surface area (Å²) >= 11 is 0. The molecule has 0 saturated heterocycles. The molecule has 0 atom stereocenters. The van der Waals surface area contributed by atoms with Gasteiger partial charge in [-0.15, -0.1) is 0 Å². The smallest absolute Gasteiger partial charge is 0.261 e. The SMILES string of the molecule is Cc1c(-c2cccc(NS(=O)(=O)c3ccc(-c4ccccc4)cc3)c2)nc2ncccn12. The molecule has 2 heterocycles. The van der Waals surface area contributed by atoms with E-state index in [1.165, 1.54) is 0 Å². The minimum absolute atomic E-state index is 0.204. The Kier molecular flexibility index (Phi) is 4.95. The van der Waals surface area contributed by atoms with E-state index < -0.39 is 10.0 Å². The summed E-state index contributed by atoms with van der Waals surface area (Å²) in [4.78, 5) is 9.07. The van der Waals surface area contributed by atoms with Crippen molar-refractivity contribution in [1.29, 1.82) is 0 Å². The van der Waals surface area contributed by atoms with E-state index in [9.17, 15) is 8.42 Å². The first kappa shape index (κ1) is 20.0. The molecule has 158 valence electrons. The van der Waals surface area contributed by atoms with Gasteiger partial charge < -0.3 is 0 Å². The maximum atomic E-state index is 13.0. The number of aromatic nitrogens is 3. The largest absolute Gasteiger partial charge is 0.288 e. The summed E-state index contributed by atoms with van der Waals surface area (Å²) in [6, 6.07) is 25.8. The molecule has 0 radical (unpaired) electrons. The quantitative estimate of drug-likeness (QED) is 0.409. The molecule has 5 rings (SSSR count). The van der Waals surface area contributed by atoms with Gasteiger partial charge in [0.2, 0.25) is 5.78 Å². The van der Waals surface area contributed by atoms with Crippen LogP contribution < -0.4 is 4.72 Å². The first-order valence-electron chi connectivity index (χ1n) is 10.1. The fourth-order valence-corrected chi connectivity index (χ4v) is 4.73. The highest BCUT2D eigenvalue weighted by Gasteiger charge is 2.16. The molecule has 0 aliphatic heterocycles. The normalized spacial score (nSPS) is 11.5. The highest BCUT2D eigenvalue weighted by Crippen LogP contribution is 2.27. The molecule has 0 bridgehead atoms. The van der Waals surface area contributed by atoms with Gasteiger partial charge in [0.25, 0.3) is 10.0 Å². The monoisotopic (exact) mass is 440 g/mol. The Balaban J connectivity index is 1.43. The van der Waals surface area contributed by atoms with E-state index in [2.05, 4.69) is 14.7 Å². The van der Waals surface area contributed by atoms with E-state index in [1.807, 2.05) is 78.2 Å². The van der Waals surface area contributed by atoms with Crippen molar-refractivity contribution in [3.8, 4) is 22.4 Å². The first-order chi connectivity index (χ1) is 15.5. The molecule has 0 unspecified atom stereocenters. The van der Waals surface area contributed by atoms with Crippen molar-refractivity contribution in [2.45, 2.75) is 11.8 Å². The zero-order valence-corrected chi connectivity index (χ0v) is 18.1. The van der Waals surface area contributed by atoms with Gasteiger partial charge >= 0.3 is 0 Å². The zero-order chi connectivity index (χ0) is 22.1. The lowest BCUT2D eigenvalue weighted by molar-refractivity contribution is 0.601. The highest BCUT2D eigenvalue weighted by molar-refractivity contribution is 7.92. The Morgan fingerprint density at radius 1 is 0.812 bits per heavy atom. The number of benzene rings is 3. The summed E-state index contributed by atoms with van der Waals surface area (Å²) in [5.74, 6) is 0.601. The first-order valence-corrected chi connectivity index (χ1v) is 11.6. The van der Waals surface area contributed by atoms with Crippen LogP contribution in [0.4, 0.5) is 5.69 Å². The number of aryl methyl sites for hydroxylation is 1. The summed E-state index contributed by atoms with van der Waals surface area (Å²) < 4.78 is 30.5. The van der Waals surface area contributed by atoms with Crippen molar-refractivity contribution < 1.29 is 8.42 Å². The molecule has 0 amide bonds. The lowest BCUT2D eigenvalue weighted by Crippen LogP contribution is -2.12. The van der Waals surface area contributed by atoms with Crippen molar-refractivity contribution in [2.75, 3.05) is 4.72 Å². The molecule has 6 nitrogen and oxygen atoms in total. The number of sulfonamides is 1. The van der Waals surface area contributed by atoms with Crippen LogP contribution >= 0.6 is 0 Å². The Hall–Kier alpha value is -3.97. The predicted octanol–water partition coefficient (Wildman–Crippen LogP) is 5.17. The highest BCUT2D eigenvalue weighted by atomic mass is 32.2. The van der Waals surface area contributed by atoms with Gasteiger partial charge in [-0.25, -0.2) is 18.4 Å². The van der Waals surface area contributed by atoms with Crippen molar-refractivity contribution >= 4 is 21.5 Å². The summed E-state index contributed by atoms with van der Waals surface area (Å²) in [6.07, 6.45) is 3.60. The summed E-state index contributed by atoms with van der Waals surface area (Å²) in [7, 11) is -3.73. The minimum Gasteiger partial charge on any atom is -0.288 e. The Morgan fingerprint density at radius 3 is 2.28 bits per heavy atom. The third-order valence-electron chi connectivity index (χ3n) is 5.30.